The van der Waals surface area contributed by atoms with E-state index in [1.54, 1.807) is 49.6 Å². The predicted molar refractivity (Wildman–Crippen MR) is 216 cm³/mol. The zero-order valence-corrected chi connectivity index (χ0v) is 33.5. The van der Waals surface area contributed by atoms with Crippen LogP contribution in [-0.4, -0.2) is 77.6 Å². The van der Waals surface area contributed by atoms with E-state index in [9.17, 15) is 23.0 Å². The molecule has 0 spiro atoms. The number of anilines is 2. The summed E-state index contributed by atoms with van der Waals surface area (Å²) in [7, 11) is 0.768. The number of benzene rings is 3. The minimum Gasteiger partial charge on any atom is -0.481 e. The van der Waals surface area contributed by atoms with Gasteiger partial charge in [-0.1, -0.05) is 42.5 Å². The van der Waals surface area contributed by atoms with E-state index in [1.807, 2.05) is 74.1 Å². The van der Waals surface area contributed by atoms with Gasteiger partial charge in [-0.15, -0.1) is 11.3 Å². The van der Waals surface area contributed by atoms with Gasteiger partial charge < -0.3 is 32.1 Å². The molecule has 13 nitrogen and oxygen atoms in total. The average Bonchev–Trinajstić information content (AvgIpc) is 3.64. The first kappa shape index (κ1) is 46.8. The minimum atomic E-state index is -1.36. The third kappa shape index (κ3) is 17.6. The molecular weight excluding hydrogens is 734 g/mol. The van der Waals surface area contributed by atoms with Gasteiger partial charge in [0.05, 0.1) is 36.5 Å². The highest BCUT2D eigenvalue weighted by Gasteiger charge is 2.19. The van der Waals surface area contributed by atoms with Gasteiger partial charge in [0.15, 0.2) is 0 Å². The van der Waals surface area contributed by atoms with E-state index < -0.39 is 28.9 Å². The molecule has 0 aliphatic rings. The van der Waals surface area contributed by atoms with Crippen LogP contribution in [0.25, 0.3) is 0 Å². The first-order valence-electron chi connectivity index (χ1n) is 16.8. The summed E-state index contributed by atoms with van der Waals surface area (Å²) < 4.78 is 23.1. The number of amides is 3. The Kier molecular flexibility index (Phi) is 21.6. The number of thiazole rings is 1. The lowest BCUT2D eigenvalue weighted by atomic mass is 10.1. The van der Waals surface area contributed by atoms with Gasteiger partial charge in [-0.05, 0) is 69.2 Å². The van der Waals surface area contributed by atoms with E-state index in [0.29, 0.717) is 25.1 Å². The number of rotatable bonds is 13. The summed E-state index contributed by atoms with van der Waals surface area (Å²) in [5.41, 5.74) is 12.2. The van der Waals surface area contributed by atoms with Crippen molar-refractivity contribution >= 4 is 57.4 Å². The summed E-state index contributed by atoms with van der Waals surface area (Å²) in [5, 5.41) is 21.3. The number of halogens is 1. The number of hydrogen-bond acceptors (Lipinski definition) is 9. The SMILES string of the molecule is CC(=O)O.CF.C[C@H](NCCNC(=O)c1cc(C(=O)N[C@H](C)c2ccccc2)cc(N(C)S(C)=O)c1)C(=O)N[C@H](C)c1ccc(N)cc1.Cc1cscn1. The maximum atomic E-state index is 13.1. The van der Waals surface area contributed by atoms with Crippen molar-refractivity contribution in [1.29, 1.82) is 0 Å². The normalized spacial score (nSPS) is 12.2. The zero-order valence-electron chi connectivity index (χ0n) is 31.9. The highest BCUT2D eigenvalue weighted by atomic mass is 32.2. The molecule has 4 aromatic rings. The molecule has 3 amide bonds. The first-order valence-corrected chi connectivity index (χ1v) is 19.2. The quantitative estimate of drug-likeness (QED) is 0.0780. The molecule has 16 heteroatoms. The van der Waals surface area contributed by atoms with Crippen LogP contribution in [0.2, 0.25) is 0 Å². The third-order valence-corrected chi connectivity index (χ3v) is 9.13. The Morgan fingerprint density at radius 3 is 1.93 bits per heavy atom. The fraction of sp³-hybridized carbons (Fsp3) is 0.342. The van der Waals surface area contributed by atoms with Gasteiger partial charge in [-0.2, -0.15) is 0 Å². The molecule has 4 rings (SSSR count). The highest BCUT2D eigenvalue weighted by Crippen LogP contribution is 2.21. The predicted octanol–water partition coefficient (Wildman–Crippen LogP) is 5.20. The monoisotopic (exact) mass is 785 g/mol. The summed E-state index contributed by atoms with van der Waals surface area (Å²) >= 11 is 1.63. The molecule has 0 saturated carbocycles. The van der Waals surface area contributed by atoms with Gasteiger partial charge in [0.2, 0.25) is 5.91 Å². The third-order valence-electron chi connectivity index (χ3n) is 7.44. The number of aliphatic carboxylic acids is 1. The number of aryl methyl sites for hydroxylation is 1. The number of carbonyl (C=O) groups is 4. The van der Waals surface area contributed by atoms with E-state index in [-0.39, 0.29) is 41.6 Å². The summed E-state index contributed by atoms with van der Waals surface area (Å²) in [4.78, 5) is 51.7. The van der Waals surface area contributed by atoms with Gasteiger partial charge in [0, 0.05) is 61.2 Å². The molecular formula is C38H52FN7O6S2. The molecule has 0 saturated heterocycles. The number of nitrogens with two attached hydrogens (primary N) is 1. The van der Waals surface area contributed by atoms with Crippen LogP contribution >= 0.6 is 11.3 Å². The lowest BCUT2D eigenvalue weighted by Gasteiger charge is -2.20. The lowest BCUT2D eigenvalue weighted by molar-refractivity contribution is -0.134. The molecule has 294 valence electrons. The van der Waals surface area contributed by atoms with E-state index in [1.165, 1.54) is 16.6 Å². The Bertz CT molecular complexity index is 1760. The van der Waals surface area contributed by atoms with E-state index >= 15 is 0 Å². The number of carboxylic acid groups (broad SMARTS) is 1. The van der Waals surface area contributed by atoms with Gasteiger partial charge >= 0.3 is 0 Å². The van der Waals surface area contributed by atoms with Crippen LogP contribution in [0.15, 0.2) is 83.7 Å². The summed E-state index contributed by atoms with van der Waals surface area (Å²) in [5.74, 6) is -1.75. The molecule has 0 fully saturated rings. The number of nitrogens with zero attached hydrogens (tertiary/aromatic N) is 2. The number of carboxylic acids is 1. The molecule has 0 radical (unpaired) electrons. The van der Waals surface area contributed by atoms with Crippen LogP contribution in [0, 0.1) is 6.92 Å². The number of hydrogen-bond donors (Lipinski definition) is 6. The van der Waals surface area contributed by atoms with E-state index in [0.717, 1.165) is 23.7 Å². The molecule has 1 heterocycles. The largest absolute Gasteiger partial charge is 0.481 e. The molecule has 7 N–H and O–H groups in total. The second-order valence-corrected chi connectivity index (χ2v) is 13.9. The van der Waals surface area contributed by atoms with Crippen LogP contribution in [0.4, 0.5) is 15.8 Å². The summed E-state index contributed by atoms with van der Waals surface area (Å²) in [6.45, 7) is 9.18. The van der Waals surface area contributed by atoms with Crippen molar-refractivity contribution in [2.75, 3.05) is 43.6 Å². The molecule has 54 heavy (non-hydrogen) atoms. The van der Waals surface area contributed by atoms with Crippen LogP contribution in [0.3, 0.4) is 0 Å². The van der Waals surface area contributed by atoms with Crippen LogP contribution < -0.4 is 31.3 Å². The molecule has 1 unspecified atom stereocenters. The van der Waals surface area contributed by atoms with Gasteiger partial charge in [-0.25, -0.2) is 4.21 Å². The lowest BCUT2D eigenvalue weighted by Crippen LogP contribution is -2.45. The number of nitrogens with one attached hydrogen (secondary N) is 4. The van der Waals surface area contributed by atoms with Gasteiger partial charge in [-0.3, -0.25) is 32.9 Å². The number of carbonyl (C=O) groups excluding carboxylic acids is 3. The fourth-order valence-electron chi connectivity index (χ4n) is 4.45. The van der Waals surface area contributed by atoms with Crippen LogP contribution in [-0.2, 0) is 20.6 Å². The van der Waals surface area contributed by atoms with Crippen molar-refractivity contribution in [2.45, 2.75) is 52.7 Å². The number of aromatic nitrogens is 1. The maximum absolute atomic E-state index is 13.1. The van der Waals surface area contributed by atoms with Crippen LogP contribution in [0.1, 0.15) is 77.3 Å². The fourth-order valence-corrected chi connectivity index (χ4v) is 5.40. The Morgan fingerprint density at radius 1 is 0.889 bits per heavy atom. The molecule has 0 aliphatic heterocycles. The zero-order chi connectivity index (χ0) is 40.8. The minimum absolute atomic E-state index is 0.172. The van der Waals surface area contributed by atoms with Crippen molar-refractivity contribution in [2.24, 2.45) is 0 Å². The average molecular weight is 786 g/mol. The second kappa shape index (κ2) is 24.9. The molecule has 3 aromatic carbocycles. The smallest absolute Gasteiger partial charge is 0.300 e. The topological polar surface area (TPSA) is 196 Å². The molecule has 1 aromatic heterocycles. The van der Waals surface area contributed by atoms with Crippen molar-refractivity contribution in [3.05, 3.63) is 112 Å². The standard InChI is InChI=1S/C31H40N6O4S.C4H5NS.C2H4O2.CH3F/c1-20(23-9-7-6-8-10-23)36-31(40)26-17-25(18-28(19-26)37(4)42(5)41)30(39)34-16-15-33-22(3)29(38)35-21(2)24-11-13-27(32)14-12-24;1-4-2-6-3-5-4;1-2(3)4;1-2/h6-14,17-22,33H,15-16,32H2,1-5H3,(H,34,39)(H,35,38)(H,36,40);2-3H,1H3;1H3,(H,3,4);1H3/t20-,21-,22+,42?;;;/m1.../s1. The summed E-state index contributed by atoms with van der Waals surface area (Å²) in [6.07, 6.45) is 1.52. The summed E-state index contributed by atoms with van der Waals surface area (Å²) in [6, 6.07) is 20.7. The Morgan fingerprint density at radius 2 is 1.43 bits per heavy atom. The van der Waals surface area contributed by atoms with Crippen LogP contribution in [0.5, 0.6) is 0 Å². The maximum Gasteiger partial charge on any atom is 0.300 e. The van der Waals surface area contributed by atoms with Crippen molar-refractivity contribution in [3.63, 3.8) is 0 Å². The number of alkyl halides is 1. The van der Waals surface area contributed by atoms with Gasteiger partial charge in [0.1, 0.15) is 11.0 Å². The molecule has 4 atom stereocenters. The van der Waals surface area contributed by atoms with E-state index in [2.05, 4.69) is 26.3 Å². The second-order valence-electron chi connectivity index (χ2n) is 11.8. The van der Waals surface area contributed by atoms with Crippen molar-refractivity contribution < 1.29 is 32.9 Å². The first-order chi connectivity index (χ1) is 25.6. The van der Waals surface area contributed by atoms with Crippen molar-refractivity contribution in [1.82, 2.24) is 26.3 Å². The molecule has 0 bridgehead atoms. The Hall–Kier alpha value is -5.19. The van der Waals surface area contributed by atoms with Gasteiger partial charge in [0.25, 0.3) is 17.8 Å². The number of nitrogen functional groups attached to an aromatic ring is 1. The van der Waals surface area contributed by atoms with Crippen molar-refractivity contribution in [3.8, 4) is 0 Å². The highest BCUT2D eigenvalue weighted by molar-refractivity contribution is 7.85. The Labute approximate surface area is 323 Å². The van der Waals surface area contributed by atoms with E-state index in [4.69, 9.17) is 15.6 Å². The molecule has 0 aliphatic carbocycles. The Balaban J connectivity index is 0.00000105.